The predicted molar refractivity (Wildman–Crippen MR) is 72.1 cm³/mol. The monoisotopic (exact) mass is 253 g/mol. The number of anilines is 2. The van der Waals surface area contributed by atoms with Crippen LogP contribution in [0.15, 0.2) is 18.2 Å². The summed E-state index contributed by atoms with van der Waals surface area (Å²) in [7, 11) is 0. The first-order valence-electron chi connectivity index (χ1n) is 6.09. The van der Waals surface area contributed by atoms with Crippen LogP contribution in [0.3, 0.4) is 0 Å². The number of nitrogens with two attached hydrogens (primary N) is 1. The molecule has 0 saturated carbocycles. The third-order valence-corrected chi connectivity index (χ3v) is 2.31. The average molecular weight is 253 g/mol. The zero-order chi connectivity index (χ0) is 13.5. The first-order valence-corrected chi connectivity index (χ1v) is 6.09. The van der Waals surface area contributed by atoms with Crippen molar-refractivity contribution in [2.24, 2.45) is 5.73 Å². The minimum atomic E-state index is -0.335. The van der Waals surface area contributed by atoms with Crippen LogP contribution < -0.4 is 16.4 Å². The first-order chi connectivity index (χ1) is 8.52. The van der Waals surface area contributed by atoms with Gasteiger partial charge in [-0.1, -0.05) is 0 Å². The van der Waals surface area contributed by atoms with Crippen molar-refractivity contribution in [2.45, 2.75) is 32.7 Å². The zero-order valence-electron chi connectivity index (χ0n) is 10.8. The SMILES string of the molecule is CC(C)Nc1cc(F)ccc1NC(=O)CCCN. The second-order valence-corrected chi connectivity index (χ2v) is 4.43. The van der Waals surface area contributed by atoms with Crippen molar-refractivity contribution in [1.82, 2.24) is 0 Å². The van der Waals surface area contributed by atoms with E-state index in [0.717, 1.165) is 0 Å². The fourth-order valence-corrected chi connectivity index (χ4v) is 1.53. The van der Waals surface area contributed by atoms with Gasteiger partial charge in [0.05, 0.1) is 11.4 Å². The van der Waals surface area contributed by atoms with Gasteiger partial charge in [-0.2, -0.15) is 0 Å². The van der Waals surface area contributed by atoms with E-state index in [1.54, 1.807) is 6.07 Å². The Bertz CT molecular complexity index is 407. The fourth-order valence-electron chi connectivity index (χ4n) is 1.53. The van der Waals surface area contributed by atoms with Crippen molar-refractivity contribution in [3.8, 4) is 0 Å². The summed E-state index contributed by atoms with van der Waals surface area (Å²) in [4.78, 5) is 11.6. The number of benzene rings is 1. The molecular formula is C13H20FN3O. The molecule has 0 aliphatic carbocycles. The van der Waals surface area contributed by atoms with Gasteiger partial charge in [0.2, 0.25) is 5.91 Å². The molecule has 1 aromatic rings. The van der Waals surface area contributed by atoms with Crippen LogP contribution in [-0.2, 0) is 4.79 Å². The van der Waals surface area contributed by atoms with Gasteiger partial charge in [0.1, 0.15) is 5.82 Å². The van der Waals surface area contributed by atoms with Crippen molar-refractivity contribution >= 4 is 17.3 Å². The first kappa shape index (κ1) is 14.4. The maximum atomic E-state index is 13.2. The van der Waals surface area contributed by atoms with Gasteiger partial charge >= 0.3 is 0 Å². The maximum Gasteiger partial charge on any atom is 0.224 e. The second kappa shape index (κ2) is 6.96. The highest BCUT2D eigenvalue weighted by atomic mass is 19.1. The smallest absolute Gasteiger partial charge is 0.224 e. The molecule has 1 aromatic carbocycles. The Morgan fingerprint density at radius 3 is 2.72 bits per heavy atom. The summed E-state index contributed by atoms with van der Waals surface area (Å²) >= 11 is 0. The molecule has 100 valence electrons. The van der Waals surface area contributed by atoms with E-state index in [-0.39, 0.29) is 17.8 Å². The third-order valence-electron chi connectivity index (χ3n) is 2.31. The molecule has 1 amide bonds. The number of carbonyl (C=O) groups is 1. The van der Waals surface area contributed by atoms with Crippen molar-refractivity contribution < 1.29 is 9.18 Å². The molecule has 0 aliphatic rings. The summed E-state index contributed by atoms with van der Waals surface area (Å²) in [5.74, 6) is -0.447. The van der Waals surface area contributed by atoms with Gasteiger partial charge in [-0.25, -0.2) is 4.39 Å². The number of hydrogen-bond donors (Lipinski definition) is 3. The van der Waals surface area contributed by atoms with Gasteiger partial charge < -0.3 is 16.4 Å². The van der Waals surface area contributed by atoms with E-state index in [0.29, 0.717) is 30.8 Å². The standard InChI is InChI=1S/C13H20FN3O/c1-9(2)16-12-8-10(14)5-6-11(12)17-13(18)4-3-7-15/h5-6,8-9,16H,3-4,7,15H2,1-2H3,(H,17,18). The van der Waals surface area contributed by atoms with Crippen LogP contribution in [-0.4, -0.2) is 18.5 Å². The zero-order valence-corrected chi connectivity index (χ0v) is 10.8. The maximum absolute atomic E-state index is 13.2. The lowest BCUT2D eigenvalue weighted by molar-refractivity contribution is -0.116. The number of rotatable bonds is 6. The quantitative estimate of drug-likeness (QED) is 0.729. The summed E-state index contributed by atoms with van der Waals surface area (Å²) in [6.45, 7) is 4.38. The van der Waals surface area contributed by atoms with Gasteiger partial charge in [0, 0.05) is 12.5 Å². The molecule has 0 radical (unpaired) electrons. The van der Waals surface area contributed by atoms with Gasteiger partial charge in [0.25, 0.3) is 0 Å². The Balaban J connectivity index is 2.77. The molecular weight excluding hydrogens is 233 g/mol. The summed E-state index contributed by atoms with van der Waals surface area (Å²) in [6, 6.07) is 4.41. The van der Waals surface area contributed by atoms with Crippen molar-refractivity contribution in [3.63, 3.8) is 0 Å². The minimum absolute atomic E-state index is 0.112. The number of halogens is 1. The molecule has 0 saturated heterocycles. The second-order valence-electron chi connectivity index (χ2n) is 4.43. The Morgan fingerprint density at radius 1 is 1.39 bits per heavy atom. The normalized spacial score (nSPS) is 10.5. The third kappa shape index (κ3) is 4.71. The lowest BCUT2D eigenvalue weighted by Gasteiger charge is -2.15. The molecule has 0 unspecified atom stereocenters. The highest BCUT2D eigenvalue weighted by Crippen LogP contribution is 2.23. The van der Waals surface area contributed by atoms with Gasteiger partial charge in [-0.15, -0.1) is 0 Å². The molecule has 4 N–H and O–H groups in total. The van der Waals surface area contributed by atoms with Crippen LogP contribution in [0.25, 0.3) is 0 Å². The van der Waals surface area contributed by atoms with E-state index in [4.69, 9.17) is 5.73 Å². The summed E-state index contributed by atoms with van der Waals surface area (Å²) in [6.07, 6.45) is 1.01. The molecule has 0 aromatic heterocycles. The number of carbonyl (C=O) groups excluding carboxylic acids is 1. The molecule has 0 fully saturated rings. The van der Waals surface area contributed by atoms with E-state index in [9.17, 15) is 9.18 Å². The lowest BCUT2D eigenvalue weighted by Crippen LogP contribution is -2.17. The van der Waals surface area contributed by atoms with Crippen molar-refractivity contribution in [2.75, 3.05) is 17.2 Å². The van der Waals surface area contributed by atoms with Crippen LogP contribution in [0.1, 0.15) is 26.7 Å². The molecule has 1 rings (SSSR count). The molecule has 0 spiro atoms. The number of nitrogens with one attached hydrogen (secondary N) is 2. The average Bonchev–Trinajstić information content (AvgIpc) is 2.29. The molecule has 18 heavy (non-hydrogen) atoms. The topological polar surface area (TPSA) is 67.1 Å². The van der Waals surface area contributed by atoms with Crippen LogP contribution in [0.2, 0.25) is 0 Å². The van der Waals surface area contributed by atoms with Crippen LogP contribution in [0.5, 0.6) is 0 Å². The molecule has 0 atom stereocenters. The summed E-state index contributed by atoms with van der Waals surface area (Å²) in [5, 5.41) is 5.85. The molecule has 0 aliphatic heterocycles. The van der Waals surface area contributed by atoms with Crippen LogP contribution in [0, 0.1) is 5.82 Å². The molecule has 0 heterocycles. The van der Waals surface area contributed by atoms with E-state index in [1.807, 2.05) is 13.8 Å². The summed E-state index contributed by atoms with van der Waals surface area (Å²) < 4.78 is 13.2. The predicted octanol–water partition coefficient (Wildman–Crippen LogP) is 2.32. The van der Waals surface area contributed by atoms with Gasteiger partial charge in [-0.3, -0.25) is 4.79 Å². The fraction of sp³-hybridized carbons (Fsp3) is 0.462. The minimum Gasteiger partial charge on any atom is -0.381 e. The largest absolute Gasteiger partial charge is 0.381 e. The Morgan fingerprint density at radius 2 is 2.11 bits per heavy atom. The molecule has 4 nitrogen and oxygen atoms in total. The van der Waals surface area contributed by atoms with E-state index < -0.39 is 0 Å². The molecule has 5 heteroatoms. The van der Waals surface area contributed by atoms with Crippen molar-refractivity contribution in [3.05, 3.63) is 24.0 Å². The Hall–Kier alpha value is -1.62. The van der Waals surface area contributed by atoms with Crippen molar-refractivity contribution in [1.29, 1.82) is 0 Å². The molecule has 0 bridgehead atoms. The summed E-state index contributed by atoms with van der Waals surface area (Å²) in [5.41, 5.74) is 6.52. The van der Waals surface area contributed by atoms with E-state index in [1.165, 1.54) is 12.1 Å². The van der Waals surface area contributed by atoms with Crippen LogP contribution >= 0.6 is 0 Å². The number of amides is 1. The van der Waals surface area contributed by atoms with Gasteiger partial charge in [0.15, 0.2) is 0 Å². The van der Waals surface area contributed by atoms with E-state index >= 15 is 0 Å². The van der Waals surface area contributed by atoms with Crippen LogP contribution in [0.4, 0.5) is 15.8 Å². The highest BCUT2D eigenvalue weighted by Gasteiger charge is 2.08. The van der Waals surface area contributed by atoms with E-state index in [2.05, 4.69) is 10.6 Å². The highest BCUT2D eigenvalue weighted by molar-refractivity contribution is 5.94. The number of hydrogen-bond acceptors (Lipinski definition) is 3. The van der Waals surface area contributed by atoms with Gasteiger partial charge in [-0.05, 0) is 45.0 Å². The lowest BCUT2D eigenvalue weighted by atomic mass is 10.2. The Labute approximate surface area is 107 Å². The Kier molecular flexibility index (Phi) is 5.58.